The van der Waals surface area contributed by atoms with Gasteiger partial charge in [-0.2, -0.15) is 5.10 Å². The van der Waals surface area contributed by atoms with Gasteiger partial charge in [-0.1, -0.05) is 49.0 Å². The third-order valence-electron chi connectivity index (χ3n) is 6.56. The predicted octanol–water partition coefficient (Wildman–Crippen LogP) is 4.78. The van der Waals surface area contributed by atoms with Crippen LogP contribution in [0.15, 0.2) is 73.4 Å². The zero-order valence-corrected chi connectivity index (χ0v) is 19.7. The molecule has 3 heterocycles. The number of aromatic nitrogens is 3. The maximum absolute atomic E-state index is 15.1. The molecule has 1 atom stereocenters. The van der Waals surface area contributed by atoms with Crippen LogP contribution in [-0.2, 0) is 11.2 Å². The standard InChI is InChI=1S/C28H26FN5O2/c1-2-25(36)34-15-13-21(17-34)31-28-26-22(12-14-30-27(26)32-33-28)20-9-8-18(23(29)16-20)10-11-24(35)19-6-4-3-5-7-19/h2-9,12,14,16,21H,1,10-11,13,15,17H2,(H2,30,31,32,33)/t21-/m1/s1. The lowest BCUT2D eigenvalue weighted by atomic mass is 9.98. The van der Waals surface area contributed by atoms with Crippen LogP contribution in [0, 0.1) is 5.82 Å². The van der Waals surface area contributed by atoms with Gasteiger partial charge in [0, 0.05) is 37.3 Å². The Kier molecular flexibility index (Phi) is 6.58. The molecule has 4 aromatic rings. The van der Waals surface area contributed by atoms with E-state index >= 15 is 4.39 Å². The Morgan fingerprint density at radius 3 is 2.81 bits per heavy atom. The van der Waals surface area contributed by atoms with Crippen molar-refractivity contribution in [3.63, 3.8) is 0 Å². The van der Waals surface area contributed by atoms with Gasteiger partial charge in [0.2, 0.25) is 5.91 Å². The summed E-state index contributed by atoms with van der Waals surface area (Å²) in [6, 6.07) is 16.0. The summed E-state index contributed by atoms with van der Waals surface area (Å²) in [7, 11) is 0. The van der Waals surface area contributed by atoms with Gasteiger partial charge in [-0.05, 0) is 47.7 Å². The van der Waals surface area contributed by atoms with Gasteiger partial charge >= 0.3 is 0 Å². The summed E-state index contributed by atoms with van der Waals surface area (Å²) in [6.07, 6.45) is 4.33. The highest BCUT2D eigenvalue weighted by Crippen LogP contribution is 2.33. The number of amides is 1. The van der Waals surface area contributed by atoms with Crippen LogP contribution in [-0.4, -0.2) is 50.9 Å². The van der Waals surface area contributed by atoms with Gasteiger partial charge in [0.15, 0.2) is 17.2 Å². The second kappa shape index (κ2) is 10.1. The number of carbonyl (C=O) groups excluding carboxylic acids is 2. The first-order chi connectivity index (χ1) is 17.5. The second-order valence-electron chi connectivity index (χ2n) is 8.87. The van der Waals surface area contributed by atoms with Gasteiger partial charge in [-0.25, -0.2) is 9.37 Å². The molecule has 2 N–H and O–H groups in total. The molecule has 0 aliphatic carbocycles. The number of H-pyrrole nitrogens is 1. The van der Waals surface area contributed by atoms with Crippen LogP contribution in [0.25, 0.3) is 22.2 Å². The fourth-order valence-corrected chi connectivity index (χ4v) is 4.63. The summed E-state index contributed by atoms with van der Waals surface area (Å²) in [5.41, 5.74) is 3.20. The lowest BCUT2D eigenvalue weighted by Gasteiger charge is -2.15. The van der Waals surface area contributed by atoms with Crippen molar-refractivity contribution in [2.75, 3.05) is 18.4 Å². The van der Waals surface area contributed by atoms with Crippen LogP contribution < -0.4 is 5.32 Å². The van der Waals surface area contributed by atoms with Gasteiger partial charge in [0.25, 0.3) is 0 Å². The van der Waals surface area contributed by atoms with Gasteiger partial charge in [-0.15, -0.1) is 0 Å². The topological polar surface area (TPSA) is 91.0 Å². The molecule has 0 spiro atoms. The zero-order valence-electron chi connectivity index (χ0n) is 19.7. The first-order valence-electron chi connectivity index (χ1n) is 11.9. The minimum Gasteiger partial charge on any atom is -0.363 e. The van der Waals surface area contributed by atoms with E-state index in [1.165, 1.54) is 12.1 Å². The lowest BCUT2D eigenvalue weighted by Crippen LogP contribution is -2.30. The van der Waals surface area contributed by atoms with Crippen LogP contribution in [0.5, 0.6) is 0 Å². The number of benzene rings is 2. The first-order valence-corrected chi connectivity index (χ1v) is 11.9. The lowest BCUT2D eigenvalue weighted by molar-refractivity contribution is -0.125. The van der Waals surface area contributed by atoms with Crippen LogP contribution >= 0.6 is 0 Å². The number of nitrogens with zero attached hydrogens (tertiary/aromatic N) is 3. The highest BCUT2D eigenvalue weighted by molar-refractivity contribution is 6.00. The smallest absolute Gasteiger partial charge is 0.246 e. The summed E-state index contributed by atoms with van der Waals surface area (Å²) in [4.78, 5) is 30.5. The molecule has 1 amide bonds. The third kappa shape index (κ3) is 4.75. The number of likely N-dealkylation sites (tertiary alicyclic amines) is 1. The highest BCUT2D eigenvalue weighted by Gasteiger charge is 2.26. The van der Waals surface area contributed by atoms with E-state index in [2.05, 4.69) is 27.1 Å². The number of aromatic amines is 1. The number of pyridine rings is 1. The highest BCUT2D eigenvalue weighted by atomic mass is 19.1. The van der Waals surface area contributed by atoms with Crippen molar-refractivity contribution < 1.29 is 14.0 Å². The van der Waals surface area contributed by atoms with Crippen molar-refractivity contribution in [3.8, 4) is 11.1 Å². The largest absolute Gasteiger partial charge is 0.363 e. The Morgan fingerprint density at radius 1 is 1.19 bits per heavy atom. The summed E-state index contributed by atoms with van der Waals surface area (Å²) >= 11 is 0. The molecular formula is C28H26FN5O2. The Hall–Kier alpha value is -4.33. The van der Waals surface area contributed by atoms with Gasteiger partial charge < -0.3 is 10.2 Å². The van der Waals surface area contributed by atoms with Crippen molar-refractivity contribution >= 4 is 28.5 Å². The van der Waals surface area contributed by atoms with Crippen LogP contribution in [0.4, 0.5) is 10.2 Å². The maximum Gasteiger partial charge on any atom is 0.246 e. The number of anilines is 1. The quantitative estimate of drug-likeness (QED) is 0.278. The average molecular weight is 484 g/mol. The molecule has 1 saturated heterocycles. The molecule has 8 heteroatoms. The summed E-state index contributed by atoms with van der Waals surface area (Å²) in [6.45, 7) is 4.76. The Balaban J connectivity index is 1.35. The van der Waals surface area contributed by atoms with E-state index in [1.807, 2.05) is 30.3 Å². The van der Waals surface area contributed by atoms with Crippen molar-refractivity contribution in [1.29, 1.82) is 0 Å². The molecule has 182 valence electrons. The number of fused-ring (bicyclic) bond motifs is 1. The molecule has 2 aromatic carbocycles. The van der Waals surface area contributed by atoms with E-state index in [0.717, 1.165) is 17.4 Å². The van der Waals surface area contributed by atoms with E-state index in [0.29, 0.717) is 47.7 Å². The molecule has 36 heavy (non-hydrogen) atoms. The maximum atomic E-state index is 15.1. The molecule has 0 saturated carbocycles. The number of ketones is 1. The molecule has 0 unspecified atom stereocenters. The number of aryl methyl sites for hydroxylation is 1. The minimum atomic E-state index is -0.356. The van der Waals surface area contributed by atoms with Gasteiger partial charge in [0.1, 0.15) is 5.82 Å². The predicted molar refractivity (Wildman–Crippen MR) is 137 cm³/mol. The molecule has 0 bridgehead atoms. The number of Topliss-reactive ketones (excluding diaryl/α,β-unsaturated/α-hetero) is 1. The minimum absolute atomic E-state index is 0.00991. The molecule has 7 nitrogen and oxygen atoms in total. The average Bonchev–Trinajstić information content (AvgIpc) is 3.55. The van der Waals surface area contributed by atoms with E-state index in [-0.39, 0.29) is 30.0 Å². The number of hydrogen-bond acceptors (Lipinski definition) is 5. The fraction of sp³-hybridized carbons (Fsp3) is 0.214. The van der Waals surface area contributed by atoms with Crippen molar-refractivity contribution in [2.24, 2.45) is 0 Å². The molecular weight excluding hydrogens is 457 g/mol. The number of carbonyl (C=O) groups is 2. The molecule has 2 aromatic heterocycles. The summed E-state index contributed by atoms with van der Waals surface area (Å²) < 4.78 is 15.1. The normalized spacial score (nSPS) is 15.2. The van der Waals surface area contributed by atoms with E-state index in [1.54, 1.807) is 29.3 Å². The molecule has 1 fully saturated rings. The number of halogens is 1. The van der Waals surface area contributed by atoms with Crippen molar-refractivity contribution in [2.45, 2.75) is 25.3 Å². The first kappa shape index (κ1) is 23.4. The van der Waals surface area contributed by atoms with Crippen molar-refractivity contribution in [3.05, 3.63) is 90.4 Å². The van der Waals surface area contributed by atoms with Gasteiger partial charge in [-0.3, -0.25) is 14.7 Å². The summed E-state index contributed by atoms with van der Waals surface area (Å²) in [5, 5.41) is 11.5. The van der Waals surface area contributed by atoms with Crippen molar-refractivity contribution in [1.82, 2.24) is 20.1 Å². The Bertz CT molecular complexity index is 1430. The molecule has 5 rings (SSSR count). The van der Waals surface area contributed by atoms with Crippen LogP contribution in [0.1, 0.15) is 28.8 Å². The van der Waals surface area contributed by atoms with Crippen LogP contribution in [0.2, 0.25) is 0 Å². The van der Waals surface area contributed by atoms with E-state index in [9.17, 15) is 9.59 Å². The molecule has 1 aliphatic heterocycles. The van der Waals surface area contributed by atoms with E-state index < -0.39 is 0 Å². The Morgan fingerprint density at radius 2 is 2.03 bits per heavy atom. The number of hydrogen-bond donors (Lipinski definition) is 2. The monoisotopic (exact) mass is 483 g/mol. The van der Waals surface area contributed by atoms with Gasteiger partial charge in [0.05, 0.1) is 5.39 Å². The number of nitrogens with one attached hydrogen (secondary N) is 2. The summed E-state index contributed by atoms with van der Waals surface area (Å²) in [5.74, 6) is 0.161. The molecule has 1 aliphatic rings. The fourth-order valence-electron chi connectivity index (χ4n) is 4.63. The van der Waals surface area contributed by atoms with E-state index in [4.69, 9.17) is 0 Å². The van der Waals surface area contributed by atoms with Crippen LogP contribution in [0.3, 0.4) is 0 Å². The third-order valence-corrected chi connectivity index (χ3v) is 6.56. The second-order valence-corrected chi connectivity index (χ2v) is 8.87. The Labute approximate surface area is 208 Å². The number of rotatable bonds is 8. The molecule has 0 radical (unpaired) electrons. The zero-order chi connectivity index (χ0) is 25.1. The SMILES string of the molecule is C=CC(=O)N1CC[C@@H](Nc2n[nH]c3nccc(-c4ccc(CCC(=O)c5ccccc5)c(F)c4)c23)C1.